The summed E-state index contributed by atoms with van der Waals surface area (Å²) in [7, 11) is 0. The summed E-state index contributed by atoms with van der Waals surface area (Å²) >= 11 is 0. The molecule has 0 amide bonds. The molecule has 0 N–H and O–H groups in total. The van der Waals surface area contributed by atoms with Crippen LogP contribution in [0.2, 0.25) is 0 Å². The maximum atomic E-state index is 6.45. The summed E-state index contributed by atoms with van der Waals surface area (Å²) in [5.41, 5.74) is 19.0. The van der Waals surface area contributed by atoms with Gasteiger partial charge in [-0.3, -0.25) is 0 Å². The van der Waals surface area contributed by atoms with Crippen LogP contribution in [0, 0.1) is 20.8 Å². The maximum absolute atomic E-state index is 6.45. The van der Waals surface area contributed by atoms with Crippen LogP contribution in [0.5, 0.6) is 11.5 Å². The van der Waals surface area contributed by atoms with E-state index in [1.807, 2.05) is 0 Å². The lowest BCUT2D eigenvalue weighted by Gasteiger charge is -2.45. The van der Waals surface area contributed by atoms with E-state index in [1.54, 1.807) is 0 Å². The maximum Gasteiger partial charge on any atom is 0.252 e. The lowest BCUT2D eigenvalue weighted by molar-refractivity contribution is 0.297. The molecule has 0 saturated carbocycles. The van der Waals surface area contributed by atoms with Gasteiger partial charge in [-0.2, -0.15) is 0 Å². The van der Waals surface area contributed by atoms with Crippen molar-refractivity contribution >= 4 is 57.2 Å². The molecule has 3 aliphatic heterocycles. The van der Waals surface area contributed by atoms with E-state index < -0.39 is 0 Å². The number of aryl methyl sites for hydroxylation is 3. The van der Waals surface area contributed by atoms with Gasteiger partial charge in [-0.15, -0.1) is 0 Å². The molecule has 0 fully saturated rings. The fraction of sp³-hybridized carbons (Fsp3) is 0.375. The Morgan fingerprint density at radius 2 is 1.04 bits per heavy atom. The third kappa shape index (κ3) is 5.92. The summed E-state index contributed by atoms with van der Waals surface area (Å²) in [6.07, 6.45) is 0.864. The Morgan fingerprint density at radius 3 is 1.62 bits per heavy atom. The zero-order chi connectivity index (χ0) is 37.8. The first-order valence-corrected chi connectivity index (χ1v) is 19.5. The Balaban J connectivity index is 1.48. The second-order valence-corrected chi connectivity index (χ2v) is 18.8. The minimum absolute atomic E-state index is 0.000798. The molecule has 0 aromatic heterocycles. The van der Waals surface area contributed by atoms with Gasteiger partial charge in [0.15, 0.2) is 11.5 Å². The first kappa shape index (κ1) is 35.4. The predicted octanol–water partition coefficient (Wildman–Crippen LogP) is 10.7. The van der Waals surface area contributed by atoms with Crippen molar-refractivity contribution in [3.05, 3.63) is 112 Å². The quantitative estimate of drug-likeness (QED) is 0.168. The van der Waals surface area contributed by atoms with Crippen LogP contribution in [0.25, 0.3) is 0 Å². The molecule has 0 bridgehead atoms. The molecule has 3 aliphatic rings. The van der Waals surface area contributed by atoms with E-state index in [1.165, 1.54) is 78.2 Å². The van der Waals surface area contributed by atoms with Crippen LogP contribution in [-0.2, 0) is 16.2 Å². The number of nitrogens with zero attached hydrogens (tertiary/aromatic N) is 2. The van der Waals surface area contributed by atoms with E-state index in [4.69, 9.17) is 9.47 Å². The lowest BCUT2D eigenvalue weighted by atomic mass is 9.33. The molecule has 5 aromatic rings. The van der Waals surface area contributed by atoms with Gasteiger partial charge in [0.1, 0.15) is 0 Å². The Kier molecular flexibility index (Phi) is 8.15. The monoisotopic (exact) mass is 702 g/mol. The SMILES string of the molecule is Cc1cc2c3c(c1)N(c1c(C)cc(C(C)(C)C)cc1C)c1cc4c(cc1B3c1cc(C(C)(C)C)ccc1N2c1ccc(C(C)(C)C)cc1)OCCCO4. The Bertz CT molecular complexity index is 2240. The third-order valence-corrected chi connectivity index (χ3v) is 11.5. The molecule has 4 nitrogen and oxygen atoms in total. The van der Waals surface area contributed by atoms with Crippen molar-refractivity contribution in [3.63, 3.8) is 0 Å². The third-order valence-electron chi connectivity index (χ3n) is 11.5. The largest absolute Gasteiger partial charge is 0.490 e. The minimum Gasteiger partial charge on any atom is -0.490 e. The standard InChI is InChI=1S/C48H55BN2O2/c1-29-22-40-44-41(23-29)51(45-30(2)24-34(25-31(45)3)48(10,11)12)39-28-43-42(52-20-13-21-53-43)27-37(39)49(44)36-26-33(47(7,8)9)16-19-38(36)50(40)35-17-14-32(15-18-35)46(4,5)6/h14-19,22-28H,13,20-21H2,1-12H3. The number of ether oxygens (including phenoxy) is 2. The number of anilines is 6. The van der Waals surface area contributed by atoms with E-state index in [2.05, 4.69) is 172 Å². The summed E-state index contributed by atoms with van der Waals surface area (Å²) < 4.78 is 12.9. The molecule has 0 spiro atoms. The summed E-state index contributed by atoms with van der Waals surface area (Å²) in [6, 6.07) is 30.6. The van der Waals surface area contributed by atoms with Crippen molar-refractivity contribution < 1.29 is 9.47 Å². The second-order valence-electron chi connectivity index (χ2n) is 18.8. The Labute approximate surface area is 318 Å². The van der Waals surface area contributed by atoms with E-state index >= 15 is 0 Å². The zero-order valence-electron chi connectivity index (χ0n) is 33.9. The van der Waals surface area contributed by atoms with Crippen molar-refractivity contribution in [2.45, 2.75) is 106 Å². The second kappa shape index (κ2) is 12.2. The van der Waals surface area contributed by atoms with E-state index in [0.29, 0.717) is 13.2 Å². The van der Waals surface area contributed by atoms with E-state index in [-0.39, 0.29) is 23.0 Å². The van der Waals surface area contributed by atoms with Gasteiger partial charge >= 0.3 is 0 Å². The van der Waals surface area contributed by atoms with Crippen LogP contribution in [0.4, 0.5) is 34.1 Å². The average Bonchev–Trinajstić information content (AvgIpc) is 3.31. The van der Waals surface area contributed by atoms with Crippen molar-refractivity contribution in [2.24, 2.45) is 0 Å². The van der Waals surface area contributed by atoms with Crippen molar-refractivity contribution in [2.75, 3.05) is 23.0 Å². The number of hydrogen-bond donors (Lipinski definition) is 0. The normalized spacial score (nSPS) is 15.1. The highest BCUT2D eigenvalue weighted by Crippen LogP contribution is 2.49. The van der Waals surface area contributed by atoms with E-state index in [0.717, 1.165) is 23.6 Å². The molecule has 3 heterocycles. The molecule has 53 heavy (non-hydrogen) atoms. The first-order valence-electron chi connectivity index (χ1n) is 19.5. The van der Waals surface area contributed by atoms with Gasteiger partial charge < -0.3 is 19.3 Å². The molecule has 5 heteroatoms. The molecule has 5 aromatic carbocycles. The van der Waals surface area contributed by atoms with Crippen molar-refractivity contribution in [1.29, 1.82) is 0 Å². The highest BCUT2D eigenvalue weighted by molar-refractivity contribution is 7.00. The van der Waals surface area contributed by atoms with Gasteiger partial charge in [-0.05, 0) is 123 Å². The molecule has 272 valence electrons. The number of fused-ring (bicyclic) bond motifs is 5. The summed E-state index contributed by atoms with van der Waals surface area (Å²) in [5.74, 6) is 1.66. The van der Waals surface area contributed by atoms with Crippen LogP contribution < -0.4 is 35.7 Å². The van der Waals surface area contributed by atoms with Crippen LogP contribution in [-0.4, -0.2) is 19.9 Å². The highest BCUT2D eigenvalue weighted by atomic mass is 16.5. The van der Waals surface area contributed by atoms with Crippen LogP contribution in [0.1, 0.15) is 102 Å². The number of rotatable bonds is 2. The van der Waals surface area contributed by atoms with Gasteiger partial charge in [0.25, 0.3) is 6.71 Å². The van der Waals surface area contributed by atoms with Crippen LogP contribution in [0.15, 0.2) is 78.9 Å². The van der Waals surface area contributed by atoms with E-state index in [9.17, 15) is 0 Å². The topological polar surface area (TPSA) is 24.9 Å². The van der Waals surface area contributed by atoms with Gasteiger partial charge in [-0.25, -0.2) is 0 Å². The molecule has 0 atom stereocenters. The van der Waals surface area contributed by atoms with Crippen LogP contribution in [0.3, 0.4) is 0 Å². The summed E-state index contributed by atoms with van der Waals surface area (Å²) in [4.78, 5) is 5.06. The number of benzene rings is 5. The first-order chi connectivity index (χ1) is 24.9. The molecular formula is C48H55BN2O2. The molecular weight excluding hydrogens is 647 g/mol. The zero-order valence-corrected chi connectivity index (χ0v) is 33.9. The fourth-order valence-electron chi connectivity index (χ4n) is 8.63. The molecule has 0 aliphatic carbocycles. The Morgan fingerprint density at radius 1 is 0.509 bits per heavy atom. The fourth-order valence-corrected chi connectivity index (χ4v) is 8.63. The Hall–Kier alpha value is -4.64. The smallest absolute Gasteiger partial charge is 0.252 e. The molecule has 0 radical (unpaired) electrons. The summed E-state index contributed by atoms with van der Waals surface area (Å²) in [5, 5.41) is 0. The highest BCUT2D eigenvalue weighted by Gasteiger charge is 2.45. The van der Waals surface area contributed by atoms with Gasteiger partial charge in [-0.1, -0.05) is 98.7 Å². The minimum atomic E-state index is -0.0120. The average molecular weight is 703 g/mol. The van der Waals surface area contributed by atoms with Gasteiger partial charge in [0.05, 0.1) is 18.9 Å². The predicted molar refractivity (Wildman–Crippen MR) is 226 cm³/mol. The molecule has 0 unspecified atom stereocenters. The van der Waals surface area contributed by atoms with Gasteiger partial charge in [0, 0.05) is 40.9 Å². The van der Waals surface area contributed by atoms with Crippen LogP contribution >= 0.6 is 0 Å². The lowest BCUT2D eigenvalue weighted by Crippen LogP contribution is -2.61. The number of hydrogen-bond acceptors (Lipinski definition) is 4. The molecule has 8 rings (SSSR count). The summed E-state index contributed by atoms with van der Waals surface area (Å²) in [6.45, 7) is 28.8. The molecule has 0 saturated heterocycles. The van der Waals surface area contributed by atoms with Crippen molar-refractivity contribution in [3.8, 4) is 11.5 Å². The van der Waals surface area contributed by atoms with Gasteiger partial charge in [0.2, 0.25) is 0 Å². The van der Waals surface area contributed by atoms with Crippen molar-refractivity contribution in [1.82, 2.24) is 0 Å².